The number of alkyl halides is 4. The van der Waals surface area contributed by atoms with Gasteiger partial charge < -0.3 is 5.32 Å². The number of carbonyl (C=O) groups excluding carboxylic acids is 1. The molecular weight excluding hydrogens is 202 g/mol. The molecule has 1 fully saturated rings. The summed E-state index contributed by atoms with van der Waals surface area (Å²) in [5.74, 6) is -6.46. The Bertz CT molecular complexity index is 237. The van der Waals surface area contributed by atoms with Crippen molar-refractivity contribution in [3.8, 4) is 0 Å². The predicted molar refractivity (Wildman–Crippen MR) is 41.3 cm³/mol. The van der Waals surface area contributed by atoms with Crippen LogP contribution in [-0.2, 0) is 4.79 Å². The molecule has 1 N–H and O–H groups in total. The molecule has 0 saturated heterocycles. The van der Waals surface area contributed by atoms with E-state index in [1.165, 1.54) is 0 Å². The van der Waals surface area contributed by atoms with Crippen molar-refractivity contribution in [2.24, 2.45) is 0 Å². The summed E-state index contributed by atoms with van der Waals surface area (Å²) >= 11 is 0. The first-order valence-electron chi connectivity index (χ1n) is 4.26. The van der Waals surface area contributed by atoms with Crippen molar-refractivity contribution in [2.45, 2.75) is 44.1 Å². The van der Waals surface area contributed by atoms with Crippen molar-refractivity contribution in [1.82, 2.24) is 5.32 Å². The topological polar surface area (TPSA) is 29.1 Å². The van der Waals surface area contributed by atoms with Gasteiger partial charge in [-0.1, -0.05) is 0 Å². The Morgan fingerprint density at radius 3 is 2.21 bits per heavy atom. The molecular formula is C8H11F4NO. The van der Waals surface area contributed by atoms with Crippen molar-refractivity contribution in [2.75, 3.05) is 0 Å². The molecule has 14 heavy (non-hydrogen) atoms. The minimum atomic E-state index is -4.58. The fraction of sp³-hybridized carbons (Fsp3) is 0.875. The maximum atomic E-state index is 12.5. The van der Waals surface area contributed by atoms with E-state index >= 15 is 0 Å². The predicted octanol–water partition coefficient (Wildman–Crippen LogP) is 1.95. The van der Waals surface area contributed by atoms with Crippen molar-refractivity contribution >= 4 is 5.91 Å². The molecule has 0 aliphatic heterocycles. The Morgan fingerprint density at radius 2 is 1.93 bits per heavy atom. The summed E-state index contributed by atoms with van der Waals surface area (Å²) in [6.45, 7) is 1.57. The SMILES string of the molecule is CC1(NC(=O)C(F)(F)C(F)F)CCC1. The molecule has 0 unspecified atom stereocenters. The molecule has 0 aromatic carbocycles. The van der Waals surface area contributed by atoms with E-state index in [9.17, 15) is 22.4 Å². The van der Waals surface area contributed by atoms with Crippen molar-refractivity contribution in [1.29, 1.82) is 0 Å². The first-order valence-corrected chi connectivity index (χ1v) is 4.26. The number of nitrogens with one attached hydrogen (secondary N) is 1. The standard InChI is InChI=1S/C8H11F4NO/c1-7(3-2-4-7)13-6(14)8(11,12)5(9)10/h5H,2-4H2,1H3,(H,13,14). The first kappa shape index (κ1) is 11.3. The molecule has 0 heterocycles. The minimum Gasteiger partial charge on any atom is -0.346 e. The fourth-order valence-corrected chi connectivity index (χ4v) is 1.29. The molecule has 82 valence electrons. The van der Waals surface area contributed by atoms with Crippen molar-refractivity contribution in [3.05, 3.63) is 0 Å². The van der Waals surface area contributed by atoms with Gasteiger partial charge in [-0.25, -0.2) is 8.78 Å². The summed E-state index contributed by atoms with van der Waals surface area (Å²) in [7, 11) is 0. The van der Waals surface area contributed by atoms with Gasteiger partial charge in [0.2, 0.25) is 0 Å². The quantitative estimate of drug-likeness (QED) is 0.713. The third-order valence-corrected chi connectivity index (χ3v) is 2.45. The first-order chi connectivity index (χ1) is 6.28. The van der Waals surface area contributed by atoms with Gasteiger partial charge in [-0.3, -0.25) is 4.79 Å². The zero-order valence-electron chi connectivity index (χ0n) is 7.62. The van der Waals surface area contributed by atoms with Gasteiger partial charge in [0.25, 0.3) is 5.91 Å². The van der Waals surface area contributed by atoms with E-state index in [-0.39, 0.29) is 0 Å². The van der Waals surface area contributed by atoms with E-state index in [1.807, 2.05) is 5.32 Å². The van der Waals surface area contributed by atoms with Crippen LogP contribution in [0.4, 0.5) is 17.6 Å². The molecule has 0 spiro atoms. The molecule has 1 aliphatic rings. The number of carbonyl (C=O) groups is 1. The molecule has 1 rings (SSSR count). The Balaban J connectivity index is 2.57. The van der Waals surface area contributed by atoms with Crippen LogP contribution >= 0.6 is 0 Å². The smallest absolute Gasteiger partial charge is 0.346 e. The van der Waals surface area contributed by atoms with Crippen LogP contribution in [0.25, 0.3) is 0 Å². The average molecular weight is 213 g/mol. The summed E-state index contributed by atoms with van der Waals surface area (Å²) in [4.78, 5) is 10.8. The molecule has 0 atom stereocenters. The molecule has 1 aliphatic carbocycles. The van der Waals surface area contributed by atoms with E-state index < -0.39 is 23.8 Å². The van der Waals surface area contributed by atoms with Crippen LogP contribution in [-0.4, -0.2) is 23.8 Å². The Hall–Kier alpha value is -0.810. The van der Waals surface area contributed by atoms with E-state index in [0.29, 0.717) is 12.8 Å². The highest BCUT2D eigenvalue weighted by Gasteiger charge is 2.51. The Morgan fingerprint density at radius 1 is 1.43 bits per heavy atom. The third-order valence-electron chi connectivity index (χ3n) is 2.45. The Labute approximate surface area is 78.7 Å². The van der Waals surface area contributed by atoms with Crippen LogP contribution in [0.3, 0.4) is 0 Å². The number of hydrogen-bond acceptors (Lipinski definition) is 1. The van der Waals surface area contributed by atoms with Crippen molar-refractivity contribution < 1.29 is 22.4 Å². The lowest BCUT2D eigenvalue weighted by Gasteiger charge is -2.39. The molecule has 1 saturated carbocycles. The van der Waals surface area contributed by atoms with Crippen LogP contribution in [0.2, 0.25) is 0 Å². The van der Waals surface area contributed by atoms with Crippen LogP contribution in [0, 0.1) is 0 Å². The number of halogens is 4. The van der Waals surface area contributed by atoms with Crippen LogP contribution in [0.15, 0.2) is 0 Å². The van der Waals surface area contributed by atoms with Gasteiger partial charge in [0.1, 0.15) is 0 Å². The largest absolute Gasteiger partial charge is 0.383 e. The number of amides is 1. The number of hydrogen-bond donors (Lipinski definition) is 1. The summed E-state index contributed by atoms with van der Waals surface area (Å²) in [5, 5.41) is 1.95. The number of rotatable bonds is 3. The second kappa shape index (κ2) is 3.40. The zero-order chi connectivity index (χ0) is 11.0. The van der Waals surface area contributed by atoms with Gasteiger partial charge in [-0.05, 0) is 26.2 Å². The minimum absolute atomic E-state index is 0.554. The molecule has 0 radical (unpaired) electrons. The molecule has 2 nitrogen and oxygen atoms in total. The van der Waals surface area contributed by atoms with Gasteiger partial charge in [0.05, 0.1) is 0 Å². The lowest BCUT2D eigenvalue weighted by Crippen LogP contribution is -2.57. The second-order valence-electron chi connectivity index (χ2n) is 3.79. The van der Waals surface area contributed by atoms with E-state index in [1.54, 1.807) is 6.92 Å². The highest BCUT2D eigenvalue weighted by Crippen LogP contribution is 2.33. The van der Waals surface area contributed by atoms with Crippen LogP contribution < -0.4 is 5.32 Å². The van der Waals surface area contributed by atoms with E-state index in [0.717, 1.165) is 6.42 Å². The summed E-state index contributed by atoms with van der Waals surface area (Å²) < 4.78 is 48.4. The van der Waals surface area contributed by atoms with Crippen LogP contribution in [0.5, 0.6) is 0 Å². The molecule has 0 bridgehead atoms. The molecule has 6 heteroatoms. The summed E-state index contributed by atoms with van der Waals surface area (Å²) in [6.07, 6.45) is -2.03. The summed E-state index contributed by atoms with van der Waals surface area (Å²) in [5.41, 5.74) is -0.727. The zero-order valence-corrected chi connectivity index (χ0v) is 7.62. The third kappa shape index (κ3) is 1.99. The van der Waals surface area contributed by atoms with Gasteiger partial charge in [-0.15, -0.1) is 0 Å². The van der Waals surface area contributed by atoms with E-state index in [2.05, 4.69) is 0 Å². The van der Waals surface area contributed by atoms with Crippen molar-refractivity contribution in [3.63, 3.8) is 0 Å². The van der Waals surface area contributed by atoms with Gasteiger partial charge in [0.15, 0.2) is 0 Å². The normalized spacial score (nSPS) is 20.4. The Kier molecular flexibility index (Phi) is 2.74. The molecule has 0 aromatic rings. The molecule has 1 amide bonds. The van der Waals surface area contributed by atoms with Crippen LogP contribution in [0.1, 0.15) is 26.2 Å². The average Bonchev–Trinajstić information content (AvgIpc) is 2.01. The van der Waals surface area contributed by atoms with Gasteiger partial charge in [-0.2, -0.15) is 8.78 Å². The lowest BCUT2D eigenvalue weighted by molar-refractivity contribution is -0.172. The maximum absolute atomic E-state index is 12.5. The maximum Gasteiger partial charge on any atom is 0.383 e. The highest BCUT2D eigenvalue weighted by molar-refractivity contribution is 5.84. The highest BCUT2D eigenvalue weighted by atomic mass is 19.3. The van der Waals surface area contributed by atoms with Gasteiger partial charge >= 0.3 is 12.3 Å². The monoisotopic (exact) mass is 213 g/mol. The van der Waals surface area contributed by atoms with E-state index in [4.69, 9.17) is 0 Å². The molecule has 0 aromatic heterocycles. The fourth-order valence-electron chi connectivity index (χ4n) is 1.29. The lowest BCUT2D eigenvalue weighted by atomic mass is 9.78. The second-order valence-corrected chi connectivity index (χ2v) is 3.79. The van der Waals surface area contributed by atoms with Gasteiger partial charge in [0, 0.05) is 5.54 Å². The summed E-state index contributed by atoms with van der Waals surface area (Å²) in [6, 6.07) is 0.